The second-order valence-corrected chi connectivity index (χ2v) is 4.62. The van der Waals surface area contributed by atoms with Crippen molar-refractivity contribution in [3.63, 3.8) is 0 Å². The van der Waals surface area contributed by atoms with Crippen LogP contribution in [0.25, 0.3) is 0 Å². The van der Waals surface area contributed by atoms with Crippen molar-refractivity contribution in [2.75, 3.05) is 11.9 Å². The number of amides is 1. The van der Waals surface area contributed by atoms with E-state index in [-0.39, 0.29) is 11.6 Å². The number of carbonyl (C=O) groups excluding carboxylic acids is 1. The van der Waals surface area contributed by atoms with Crippen molar-refractivity contribution in [1.82, 2.24) is 0 Å². The highest BCUT2D eigenvalue weighted by Gasteiger charge is 2.11. The lowest BCUT2D eigenvalue weighted by Crippen LogP contribution is -2.14. The summed E-state index contributed by atoms with van der Waals surface area (Å²) in [5.74, 6) is -0.756. The first-order valence-corrected chi connectivity index (χ1v) is 6.47. The van der Waals surface area contributed by atoms with Gasteiger partial charge in [-0.1, -0.05) is 24.3 Å². The van der Waals surface area contributed by atoms with E-state index < -0.39 is 5.82 Å². The minimum absolute atomic E-state index is 0.224. The highest BCUT2D eigenvalue weighted by Crippen LogP contribution is 2.19. The smallest absolute Gasteiger partial charge is 0.255 e. The zero-order chi connectivity index (χ0) is 14.5. The molecule has 2 aromatic carbocycles. The second-order valence-electron chi connectivity index (χ2n) is 4.62. The summed E-state index contributed by atoms with van der Waals surface area (Å²) >= 11 is 0. The van der Waals surface area contributed by atoms with Crippen LogP contribution >= 0.6 is 0 Å². The fraction of sp³-hybridized carbons (Fsp3) is 0.188. The van der Waals surface area contributed by atoms with Gasteiger partial charge in [0.15, 0.2) is 0 Å². The summed E-state index contributed by atoms with van der Waals surface area (Å²) in [5, 5.41) is 2.62. The first kappa shape index (κ1) is 14.2. The molecule has 0 radical (unpaired) electrons. The third kappa shape index (κ3) is 3.22. The van der Waals surface area contributed by atoms with Crippen LogP contribution in [-0.4, -0.2) is 12.5 Å². The molecule has 0 bridgehead atoms. The number of aryl methyl sites for hydroxylation is 1. The topological polar surface area (TPSA) is 55.1 Å². The average molecular weight is 272 g/mol. The third-order valence-electron chi connectivity index (χ3n) is 3.08. The summed E-state index contributed by atoms with van der Waals surface area (Å²) < 4.78 is 13.7. The van der Waals surface area contributed by atoms with Crippen molar-refractivity contribution < 1.29 is 9.18 Å². The summed E-state index contributed by atoms with van der Waals surface area (Å²) in [5.41, 5.74) is 7.90. The first-order chi connectivity index (χ1) is 9.61. The second kappa shape index (κ2) is 6.30. The lowest BCUT2D eigenvalue weighted by atomic mass is 10.1. The predicted octanol–water partition coefficient (Wildman–Crippen LogP) is 2.89. The lowest BCUT2D eigenvalue weighted by Gasteiger charge is -2.10. The van der Waals surface area contributed by atoms with Gasteiger partial charge in [-0.25, -0.2) is 4.39 Å². The molecule has 2 aromatic rings. The molecular weight excluding hydrogens is 255 g/mol. The molecule has 0 saturated heterocycles. The number of benzene rings is 2. The van der Waals surface area contributed by atoms with E-state index in [1.54, 1.807) is 37.3 Å². The Labute approximate surface area is 117 Å². The monoisotopic (exact) mass is 272 g/mol. The molecule has 4 heteroatoms. The Kier molecular flexibility index (Phi) is 4.48. The fourth-order valence-electron chi connectivity index (χ4n) is 2.01. The molecule has 0 aliphatic carbocycles. The summed E-state index contributed by atoms with van der Waals surface area (Å²) in [4.78, 5) is 12.2. The van der Waals surface area contributed by atoms with Gasteiger partial charge in [0.05, 0.1) is 5.69 Å². The Balaban J connectivity index is 2.22. The number of anilines is 1. The van der Waals surface area contributed by atoms with Crippen LogP contribution in [0.4, 0.5) is 10.1 Å². The van der Waals surface area contributed by atoms with Crippen LogP contribution in [0.5, 0.6) is 0 Å². The van der Waals surface area contributed by atoms with Crippen LogP contribution in [0.3, 0.4) is 0 Å². The van der Waals surface area contributed by atoms with Gasteiger partial charge < -0.3 is 11.1 Å². The minimum Gasteiger partial charge on any atom is -0.330 e. The van der Waals surface area contributed by atoms with Crippen LogP contribution < -0.4 is 11.1 Å². The maximum Gasteiger partial charge on any atom is 0.255 e. The molecule has 20 heavy (non-hydrogen) atoms. The number of nitrogens with two attached hydrogens (primary N) is 1. The standard InChI is InChI=1S/C16H17FN2O/c1-11-4-2-7-14(17)15(11)19-16(20)13-6-3-5-12(10-13)8-9-18/h2-7,10H,8-9,18H2,1H3,(H,19,20). The van der Waals surface area contributed by atoms with Crippen LogP contribution in [-0.2, 0) is 6.42 Å². The van der Waals surface area contributed by atoms with E-state index in [2.05, 4.69) is 5.32 Å². The molecule has 0 aliphatic rings. The molecule has 0 spiro atoms. The van der Waals surface area contributed by atoms with Gasteiger partial charge >= 0.3 is 0 Å². The molecule has 2 rings (SSSR count). The van der Waals surface area contributed by atoms with Crippen LogP contribution in [0.1, 0.15) is 21.5 Å². The number of carbonyl (C=O) groups is 1. The maximum atomic E-state index is 13.7. The number of nitrogens with one attached hydrogen (secondary N) is 1. The van der Waals surface area contributed by atoms with Gasteiger partial charge in [0, 0.05) is 5.56 Å². The van der Waals surface area contributed by atoms with Gasteiger partial charge in [0.2, 0.25) is 0 Å². The maximum absolute atomic E-state index is 13.7. The van der Waals surface area contributed by atoms with Gasteiger partial charge in [-0.3, -0.25) is 4.79 Å². The quantitative estimate of drug-likeness (QED) is 0.899. The van der Waals surface area contributed by atoms with E-state index in [4.69, 9.17) is 5.73 Å². The molecule has 0 saturated carbocycles. The Hall–Kier alpha value is -2.20. The highest BCUT2D eigenvalue weighted by molar-refractivity contribution is 6.04. The fourth-order valence-corrected chi connectivity index (χ4v) is 2.01. The summed E-state index contributed by atoms with van der Waals surface area (Å²) in [6.45, 7) is 2.28. The van der Waals surface area contributed by atoms with E-state index in [1.165, 1.54) is 6.07 Å². The summed E-state index contributed by atoms with van der Waals surface area (Å²) in [6, 6.07) is 11.9. The normalized spacial score (nSPS) is 10.3. The third-order valence-corrected chi connectivity index (χ3v) is 3.08. The van der Waals surface area contributed by atoms with Gasteiger partial charge in [-0.2, -0.15) is 0 Å². The Morgan fingerprint density at radius 1 is 1.25 bits per heavy atom. The largest absolute Gasteiger partial charge is 0.330 e. The average Bonchev–Trinajstić information content (AvgIpc) is 2.43. The minimum atomic E-state index is -0.434. The number of hydrogen-bond acceptors (Lipinski definition) is 2. The predicted molar refractivity (Wildman–Crippen MR) is 78.3 cm³/mol. The van der Waals surface area contributed by atoms with Crippen LogP contribution in [0, 0.1) is 12.7 Å². The molecule has 1 amide bonds. The van der Waals surface area contributed by atoms with E-state index >= 15 is 0 Å². The molecule has 0 fully saturated rings. The van der Waals surface area contributed by atoms with Crippen molar-refractivity contribution >= 4 is 11.6 Å². The zero-order valence-electron chi connectivity index (χ0n) is 11.3. The Morgan fingerprint density at radius 2 is 2.00 bits per heavy atom. The highest BCUT2D eigenvalue weighted by atomic mass is 19.1. The molecule has 104 valence electrons. The van der Waals surface area contributed by atoms with E-state index in [0.717, 1.165) is 5.56 Å². The van der Waals surface area contributed by atoms with Crippen molar-refractivity contribution in [3.05, 3.63) is 65.0 Å². The molecule has 0 unspecified atom stereocenters. The summed E-state index contributed by atoms with van der Waals surface area (Å²) in [7, 11) is 0. The number of rotatable bonds is 4. The van der Waals surface area contributed by atoms with Crippen molar-refractivity contribution in [2.45, 2.75) is 13.3 Å². The molecule has 3 nitrogen and oxygen atoms in total. The molecule has 0 atom stereocenters. The van der Waals surface area contributed by atoms with Crippen molar-refractivity contribution in [2.24, 2.45) is 5.73 Å². The van der Waals surface area contributed by atoms with E-state index in [9.17, 15) is 9.18 Å². The Bertz CT molecular complexity index is 605. The molecule has 3 N–H and O–H groups in total. The molecule has 0 aromatic heterocycles. The first-order valence-electron chi connectivity index (χ1n) is 6.47. The molecule has 0 heterocycles. The molecule has 0 aliphatic heterocycles. The van der Waals surface area contributed by atoms with Crippen LogP contribution in [0.2, 0.25) is 0 Å². The van der Waals surface area contributed by atoms with E-state index in [1.807, 2.05) is 6.07 Å². The van der Waals surface area contributed by atoms with Crippen molar-refractivity contribution in [1.29, 1.82) is 0 Å². The van der Waals surface area contributed by atoms with E-state index in [0.29, 0.717) is 24.1 Å². The van der Waals surface area contributed by atoms with Crippen LogP contribution in [0.15, 0.2) is 42.5 Å². The number of hydrogen-bond donors (Lipinski definition) is 2. The van der Waals surface area contributed by atoms with Gasteiger partial charge in [0.25, 0.3) is 5.91 Å². The number of halogens is 1. The zero-order valence-corrected chi connectivity index (χ0v) is 11.3. The summed E-state index contributed by atoms with van der Waals surface area (Å²) in [6.07, 6.45) is 0.708. The van der Waals surface area contributed by atoms with Gasteiger partial charge in [-0.05, 0) is 49.2 Å². The SMILES string of the molecule is Cc1cccc(F)c1NC(=O)c1cccc(CCN)c1. The van der Waals surface area contributed by atoms with Gasteiger partial charge in [-0.15, -0.1) is 0 Å². The van der Waals surface area contributed by atoms with Crippen molar-refractivity contribution in [3.8, 4) is 0 Å². The Morgan fingerprint density at radius 3 is 2.70 bits per heavy atom. The lowest BCUT2D eigenvalue weighted by molar-refractivity contribution is 0.102. The number of para-hydroxylation sites is 1. The van der Waals surface area contributed by atoms with Gasteiger partial charge in [0.1, 0.15) is 5.82 Å². The molecular formula is C16H17FN2O.